The predicted octanol–water partition coefficient (Wildman–Crippen LogP) is 3.43. The largest absolute Gasteiger partial charge is 0.443 e. The van der Waals surface area contributed by atoms with Crippen molar-refractivity contribution in [1.82, 2.24) is 9.29 Å². The second-order valence-corrected chi connectivity index (χ2v) is 10.00. The van der Waals surface area contributed by atoms with Crippen molar-refractivity contribution < 1.29 is 17.9 Å². The maximum absolute atomic E-state index is 13.6. The van der Waals surface area contributed by atoms with Crippen molar-refractivity contribution in [2.75, 3.05) is 0 Å². The maximum Gasteiger partial charge on any atom is 0.424 e. The minimum atomic E-state index is -4.15. The highest BCUT2D eigenvalue weighted by Crippen LogP contribution is 2.32. The number of carbonyl (C=O) groups is 1. The van der Waals surface area contributed by atoms with Crippen LogP contribution in [0.25, 0.3) is 10.8 Å². The second kappa shape index (κ2) is 7.67. The third kappa shape index (κ3) is 4.28. The molecule has 2 unspecified atom stereocenters. The van der Waals surface area contributed by atoms with Crippen molar-refractivity contribution in [1.29, 1.82) is 0 Å². The normalized spacial score (nSPS) is 20.7. The summed E-state index contributed by atoms with van der Waals surface area (Å²) in [7, 11) is -4.15. The smallest absolute Gasteiger partial charge is 0.424 e. The Balaban J connectivity index is 2.11. The molecule has 2 atom stereocenters. The lowest BCUT2D eigenvalue weighted by atomic mass is 9.92. The van der Waals surface area contributed by atoms with Crippen molar-refractivity contribution in [2.45, 2.75) is 69.0 Å². The first-order valence-electron chi connectivity index (χ1n) is 9.45. The van der Waals surface area contributed by atoms with Gasteiger partial charge in [-0.3, -0.25) is 4.98 Å². The summed E-state index contributed by atoms with van der Waals surface area (Å²) in [6.07, 6.45) is 4.85. The average Bonchev–Trinajstić information content (AvgIpc) is 2.59. The number of rotatable bonds is 3. The standard InChI is InChI=1S/C20H27N3O4S/c1-20(2,3)27-19(24)23(16-8-5-7-15(21)12-16)28(25,26)18-9-4-6-14-13-22-11-10-17(14)18/h4,6,9-11,13,15-16H,5,7-8,12,21H2,1-3H3. The third-order valence-electron chi connectivity index (χ3n) is 4.77. The zero-order valence-electron chi connectivity index (χ0n) is 16.5. The van der Waals surface area contributed by atoms with Gasteiger partial charge in [0.25, 0.3) is 10.0 Å². The van der Waals surface area contributed by atoms with Gasteiger partial charge in [0.15, 0.2) is 0 Å². The van der Waals surface area contributed by atoms with Crippen molar-refractivity contribution in [3.63, 3.8) is 0 Å². The molecule has 1 heterocycles. The van der Waals surface area contributed by atoms with Gasteiger partial charge in [-0.2, -0.15) is 4.31 Å². The Morgan fingerprint density at radius 3 is 2.68 bits per heavy atom. The highest BCUT2D eigenvalue weighted by atomic mass is 32.2. The first kappa shape index (κ1) is 20.5. The van der Waals surface area contributed by atoms with Gasteiger partial charge in [-0.15, -0.1) is 0 Å². The highest BCUT2D eigenvalue weighted by Gasteiger charge is 2.40. The molecule has 1 fully saturated rings. The molecule has 0 radical (unpaired) electrons. The Bertz CT molecular complexity index is 964. The van der Waals surface area contributed by atoms with E-state index in [-0.39, 0.29) is 10.9 Å². The molecular formula is C20H27N3O4S. The van der Waals surface area contributed by atoms with Gasteiger partial charge in [0.05, 0.1) is 10.9 Å². The predicted molar refractivity (Wildman–Crippen MR) is 107 cm³/mol. The minimum absolute atomic E-state index is 0.0670. The summed E-state index contributed by atoms with van der Waals surface area (Å²) in [5.74, 6) is 0. The molecule has 1 saturated carbocycles. The lowest BCUT2D eigenvalue weighted by Gasteiger charge is -2.36. The Hall–Kier alpha value is -2.19. The number of nitrogens with two attached hydrogens (primary N) is 1. The fraction of sp³-hybridized carbons (Fsp3) is 0.500. The van der Waals surface area contributed by atoms with Crippen LogP contribution in [0.15, 0.2) is 41.6 Å². The summed E-state index contributed by atoms with van der Waals surface area (Å²) in [5, 5.41) is 1.21. The summed E-state index contributed by atoms with van der Waals surface area (Å²) < 4.78 is 33.7. The van der Waals surface area contributed by atoms with Crippen molar-refractivity contribution in [3.8, 4) is 0 Å². The van der Waals surface area contributed by atoms with E-state index in [9.17, 15) is 13.2 Å². The van der Waals surface area contributed by atoms with Crippen molar-refractivity contribution in [2.24, 2.45) is 5.73 Å². The van der Waals surface area contributed by atoms with Gasteiger partial charge in [0, 0.05) is 29.2 Å². The van der Waals surface area contributed by atoms with Crippen LogP contribution in [-0.2, 0) is 14.8 Å². The molecule has 2 N–H and O–H groups in total. The zero-order chi connectivity index (χ0) is 20.5. The molecule has 28 heavy (non-hydrogen) atoms. The van der Waals surface area contributed by atoms with Crippen LogP contribution in [0, 0.1) is 0 Å². The van der Waals surface area contributed by atoms with Gasteiger partial charge in [0.2, 0.25) is 0 Å². The Morgan fingerprint density at radius 1 is 1.25 bits per heavy atom. The summed E-state index contributed by atoms with van der Waals surface area (Å²) >= 11 is 0. The summed E-state index contributed by atoms with van der Waals surface area (Å²) in [5.41, 5.74) is 5.27. The first-order chi connectivity index (χ1) is 13.1. The monoisotopic (exact) mass is 405 g/mol. The number of pyridine rings is 1. The Labute approximate surface area is 165 Å². The van der Waals surface area contributed by atoms with E-state index in [4.69, 9.17) is 10.5 Å². The molecule has 8 heteroatoms. The van der Waals surface area contributed by atoms with Crippen LogP contribution in [0.3, 0.4) is 0 Å². The lowest BCUT2D eigenvalue weighted by Crippen LogP contribution is -2.50. The molecule has 152 valence electrons. The van der Waals surface area contributed by atoms with Gasteiger partial charge >= 0.3 is 6.09 Å². The number of sulfonamides is 1. The van der Waals surface area contributed by atoms with Crippen molar-refractivity contribution in [3.05, 3.63) is 36.7 Å². The van der Waals surface area contributed by atoms with Crippen LogP contribution in [0.2, 0.25) is 0 Å². The molecule has 0 saturated heterocycles. The highest BCUT2D eigenvalue weighted by molar-refractivity contribution is 7.90. The van der Waals surface area contributed by atoms with Crippen molar-refractivity contribution >= 4 is 26.9 Å². The van der Waals surface area contributed by atoms with E-state index in [2.05, 4.69) is 4.98 Å². The van der Waals surface area contributed by atoms with Gasteiger partial charge in [-0.1, -0.05) is 12.1 Å². The summed E-state index contributed by atoms with van der Waals surface area (Å²) in [6.45, 7) is 5.14. The number of benzene rings is 1. The Kier molecular flexibility index (Phi) is 5.63. The molecule has 7 nitrogen and oxygen atoms in total. The first-order valence-corrected chi connectivity index (χ1v) is 10.9. The van der Waals surface area contributed by atoms with E-state index in [0.29, 0.717) is 23.6 Å². The van der Waals surface area contributed by atoms with E-state index in [1.54, 1.807) is 45.2 Å². The number of hydrogen-bond acceptors (Lipinski definition) is 6. The number of aromatic nitrogens is 1. The second-order valence-electron chi connectivity index (χ2n) is 8.21. The quantitative estimate of drug-likeness (QED) is 0.839. The molecule has 1 aromatic carbocycles. The van der Waals surface area contributed by atoms with E-state index in [1.807, 2.05) is 0 Å². The van der Waals surface area contributed by atoms with E-state index in [1.165, 1.54) is 12.3 Å². The van der Waals surface area contributed by atoms with Gasteiger partial charge in [-0.25, -0.2) is 13.2 Å². The molecule has 0 bridgehead atoms. The van der Waals surface area contributed by atoms with Crippen LogP contribution < -0.4 is 5.73 Å². The minimum Gasteiger partial charge on any atom is -0.443 e. The van der Waals surface area contributed by atoms with E-state index in [0.717, 1.165) is 17.1 Å². The average molecular weight is 406 g/mol. The molecule has 3 rings (SSSR count). The number of ether oxygens (including phenoxy) is 1. The zero-order valence-corrected chi connectivity index (χ0v) is 17.3. The van der Waals surface area contributed by atoms with Crippen LogP contribution in [0.5, 0.6) is 0 Å². The van der Waals surface area contributed by atoms with Crippen LogP contribution in [0.1, 0.15) is 46.5 Å². The third-order valence-corrected chi connectivity index (χ3v) is 6.65. The molecule has 1 aromatic heterocycles. The van der Waals surface area contributed by atoms with Crippen LogP contribution in [-0.4, -0.2) is 41.5 Å². The number of nitrogens with zero attached hydrogens (tertiary/aromatic N) is 2. The molecule has 0 spiro atoms. The van der Waals surface area contributed by atoms with Gasteiger partial charge in [-0.05, 0) is 58.6 Å². The summed E-state index contributed by atoms with van der Waals surface area (Å²) in [4.78, 5) is 17.1. The van der Waals surface area contributed by atoms with Gasteiger partial charge < -0.3 is 10.5 Å². The molecular weight excluding hydrogens is 378 g/mol. The number of carbonyl (C=O) groups excluding carboxylic acids is 1. The molecule has 0 aliphatic heterocycles. The maximum atomic E-state index is 13.6. The lowest BCUT2D eigenvalue weighted by molar-refractivity contribution is 0.0309. The topological polar surface area (TPSA) is 103 Å². The van der Waals surface area contributed by atoms with Crippen LogP contribution >= 0.6 is 0 Å². The van der Waals surface area contributed by atoms with Crippen LogP contribution in [0.4, 0.5) is 4.79 Å². The number of hydrogen-bond donors (Lipinski definition) is 1. The molecule has 1 aliphatic carbocycles. The van der Waals surface area contributed by atoms with Gasteiger partial charge in [0.1, 0.15) is 5.60 Å². The number of amides is 1. The molecule has 1 amide bonds. The summed E-state index contributed by atoms with van der Waals surface area (Å²) in [6, 6.07) is 5.92. The van der Waals surface area contributed by atoms with E-state index >= 15 is 0 Å². The molecule has 1 aliphatic rings. The van der Waals surface area contributed by atoms with E-state index < -0.39 is 27.8 Å². The fourth-order valence-corrected chi connectivity index (χ4v) is 5.33. The number of fused-ring (bicyclic) bond motifs is 1. The fourth-order valence-electron chi connectivity index (χ4n) is 3.59. The Morgan fingerprint density at radius 2 is 2.00 bits per heavy atom. The molecule has 2 aromatic rings. The SMILES string of the molecule is CC(C)(C)OC(=O)N(C1CCCC(N)C1)S(=O)(=O)c1cccc2cnccc12.